The van der Waals surface area contributed by atoms with Gasteiger partial charge in [-0.05, 0) is 42.0 Å². The van der Waals surface area contributed by atoms with Gasteiger partial charge in [0.05, 0.1) is 30.5 Å². The number of carbonyl (C=O) groups excluding carboxylic acids is 1. The van der Waals surface area contributed by atoms with Gasteiger partial charge in [-0.25, -0.2) is 13.2 Å². The normalized spacial score (nSPS) is 13.4. The molecule has 2 aromatic carbocycles. The van der Waals surface area contributed by atoms with Gasteiger partial charge in [-0.1, -0.05) is 18.2 Å². The van der Waals surface area contributed by atoms with Crippen molar-refractivity contribution < 1.29 is 23.1 Å². The highest BCUT2D eigenvalue weighted by Crippen LogP contribution is 2.18. The summed E-state index contributed by atoms with van der Waals surface area (Å²) in [4.78, 5) is 12.9. The van der Waals surface area contributed by atoms with E-state index in [-0.39, 0.29) is 23.4 Å². The number of alkyl halides is 1. The van der Waals surface area contributed by atoms with Crippen molar-refractivity contribution in [3.8, 4) is 0 Å². The molecule has 33 heavy (non-hydrogen) atoms. The van der Waals surface area contributed by atoms with Gasteiger partial charge in [-0.2, -0.15) is 5.10 Å². The molecule has 2 unspecified atom stereocenters. The number of nitrogens with zero attached hydrogens (tertiary/aromatic N) is 2. The first kappa shape index (κ1) is 23.7. The summed E-state index contributed by atoms with van der Waals surface area (Å²) in [5.74, 6) is -2.15. The van der Waals surface area contributed by atoms with E-state index >= 15 is 0 Å². The Labute approximate surface area is 187 Å². The van der Waals surface area contributed by atoms with Crippen molar-refractivity contribution in [2.24, 2.45) is 5.73 Å². The molecule has 1 heterocycles. The number of aliphatic hydroxyl groups excluding tert-OH is 1. The molecule has 5 N–H and O–H groups in total. The number of halogens is 3. The van der Waals surface area contributed by atoms with Crippen LogP contribution < -0.4 is 11.1 Å². The fraction of sp³-hybridized carbons (Fsp3) is 0.174. The Hall–Kier alpha value is -3.92. The summed E-state index contributed by atoms with van der Waals surface area (Å²) in [7, 11) is 0. The Bertz CT molecular complexity index is 1150. The first-order valence-electron chi connectivity index (χ1n) is 9.94. The minimum absolute atomic E-state index is 0.0651. The van der Waals surface area contributed by atoms with Crippen LogP contribution in [0, 0.1) is 17.0 Å². The molecule has 10 heteroatoms. The van der Waals surface area contributed by atoms with Crippen LogP contribution in [-0.4, -0.2) is 45.3 Å². The van der Waals surface area contributed by atoms with Crippen molar-refractivity contribution in [2.45, 2.75) is 18.8 Å². The van der Waals surface area contributed by atoms with Gasteiger partial charge < -0.3 is 21.6 Å². The lowest BCUT2D eigenvalue weighted by Crippen LogP contribution is -2.46. The Kier molecular flexibility index (Phi) is 7.62. The lowest BCUT2D eigenvalue weighted by Gasteiger charge is -2.22. The zero-order valence-corrected chi connectivity index (χ0v) is 17.4. The number of amides is 1. The number of aromatic nitrogens is 2. The highest BCUT2D eigenvalue weighted by atomic mass is 19.1. The van der Waals surface area contributed by atoms with Crippen LogP contribution in [0.15, 0.2) is 67.0 Å². The molecule has 0 saturated heterocycles. The summed E-state index contributed by atoms with van der Waals surface area (Å²) in [6, 6.07) is 9.30. The number of hydrogen-bond acceptors (Lipinski definition) is 5. The molecule has 0 aliphatic rings. The summed E-state index contributed by atoms with van der Waals surface area (Å²) in [5.41, 5.74) is 5.49. The Balaban J connectivity index is 1.88. The third kappa shape index (κ3) is 5.86. The summed E-state index contributed by atoms with van der Waals surface area (Å²) >= 11 is 0. The van der Waals surface area contributed by atoms with E-state index in [2.05, 4.69) is 10.4 Å². The molecule has 1 amide bonds. The van der Waals surface area contributed by atoms with Crippen molar-refractivity contribution in [1.29, 1.82) is 5.41 Å². The molecule has 0 spiro atoms. The van der Waals surface area contributed by atoms with E-state index in [1.807, 2.05) is 0 Å². The second-order valence-electron chi connectivity index (χ2n) is 7.19. The molecule has 0 bridgehead atoms. The van der Waals surface area contributed by atoms with E-state index in [4.69, 9.17) is 11.1 Å². The lowest BCUT2D eigenvalue weighted by atomic mass is 9.99. The maximum atomic E-state index is 14.7. The molecule has 0 aliphatic carbocycles. The Morgan fingerprint density at radius 1 is 1.21 bits per heavy atom. The largest absolute Gasteiger partial charge is 0.398 e. The SMILES string of the molecule is N=C(/C=C(\N)c1ccc(F)cc1)c1c(F)cccc1C(=O)NC(Cn1cccn1)C(F)CO. The van der Waals surface area contributed by atoms with Crippen LogP contribution in [0.1, 0.15) is 21.5 Å². The molecule has 172 valence electrons. The molecular weight excluding hydrogens is 435 g/mol. The molecule has 0 fully saturated rings. The topological polar surface area (TPSA) is 117 Å². The van der Waals surface area contributed by atoms with Crippen molar-refractivity contribution in [2.75, 3.05) is 6.61 Å². The van der Waals surface area contributed by atoms with Crippen molar-refractivity contribution in [3.63, 3.8) is 0 Å². The number of nitrogens with two attached hydrogens (primary N) is 1. The first-order valence-corrected chi connectivity index (χ1v) is 9.94. The molecular formula is C23H22F3N5O2. The number of nitrogens with one attached hydrogen (secondary N) is 2. The van der Waals surface area contributed by atoms with E-state index < -0.39 is 42.1 Å². The Morgan fingerprint density at radius 2 is 1.94 bits per heavy atom. The van der Waals surface area contributed by atoms with Crippen LogP contribution in [0.5, 0.6) is 0 Å². The monoisotopic (exact) mass is 457 g/mol. The van der Waals surface area contributed by atoms with Crippen LogP contribution in [-0.2, 0) is 6.54 Å². The van der Waals surface area contributed by atoms with E-state index in [1.54, 1.807) is 12.3 Å². The number of rotatable bonds is 9. The molecule has 0 aliphatic heterocycles. The molecule has 0 saturated carbocycles. The number of hydrogen-bond donors (Lipinski definition) is 4. The van der Waals surface area contributed by atoms with Gasteiger partial charge in [0.15, 0.2) is 0 Å². The van der Waals surface area contributed by atoms with Crippen LogP contribution in [0.3, 0.4) is 0 Å². The molecule has 1 aromatic heterocycles. The highest BCUT2D eigenvalue weighted by molar-refractivity contribution is 6.16. The average molecular weight is 457 g/mol. The van der Waals surface area contributed by atoms with Gasteiger partial charge >= 0.3 is 0 Å². The number of carbonyl (C=O) groups is 1. The second-order valence-corrected chi connectivity index (χ2v) is 7.19. The van der Waals surface area contributed by atoms with Gasteiger partial charge in [0, 0.05) is 23.7 Å². The number of aliphatic hydroxyl groups is 1. The van der Waals surface area contributed by atoms with Crippen molar-refractivity contribution >= 4 is 17.3 Å². The Morgan fingerprint density at radius 3 is 2.58 bits per heavy atom. The zero-order chi connectivity index (χ0) is 24.0. The van der Waals surface area contributed by atoms with Gasteiger partial charge in [-0.3, -0.25) is 9.48 Å². The van der Waals surface area contributed by atoms with Crippen LogP contribution in [0.25, 0.3) is 5.70 Å². The maximum Gasteiger partial charge on any atom is 0.252 e. The van der Waals surface area contributed by atoms with Crippen LogP contribution in [0.4, 0.5) is 13.2 Å². The smallest absolute Gasteiger partial charge is 0.252 e. The summed E-state index contributed by atoms with van der Waals surface area (Å²) in [6.45, 7) is -0.908. The quantitative estimate of drug-likeness (QED) is 0.370. The fourth-order valence-corrected chi connectivity index (χ4v) is 3.17. The lowest BCUT2D eigenvalue weighted by molar-refractivity contribution is 0.0849. The number of benzene rings is 2. The van der Waals surface area contributed by atoms with Gasteiger partial charge in [0.25, 0.3) is 5.91 Å². The third-order valence-electron chi connectivity index (χ3n) is 4.88. The highest BCUT2D eigenvalue weighted by Gasteiger charge is 2.26. The van der Waals surface area contributed by atoms with Gasteiger partial charge in [0.1, 0.15) is 17.8 Å². The standard InChI is InChI=1S/C23H22F3N5O2/c24-15-7-5-14(6-8-15)19(27)11-20(28)22-16(3-1-4-17(22)25)23(33)30-21(18(26)13-32)12-31-10-2-9-29-31/h1-11,18,21,28,32H,12-13,27H2,(H,30,33)/b19-11-,28-20?. The summed E-state index contributed by atoms with van der Waals surface area (Å²) in [6.07, 6.45) is 2.39. The first-order chi connectivity index (χ1) is 15.8. The van der Waals surface area contributed by atoms with E-state index in [0.717, 1.165) is 12.1 Å². The molecule has 3 aromatic rings. The molecule has 0 radical (unpaired) electrons. The van der Waals surface area contributed by atoms with Crippen molar-refractivity contribution in [1.82, 2.24) is 15.1 Å². The number of allylic oxidation sites excluding steroid dienone is 1. The zero-order valence-electron chi connectivity index (χ0n) is 17.4. The maximum absolute atomic E-state index is 14.7. The predicted molar refractivity (Wildman–Crippen MR) is 117 cm³/mol. The summed E-state index contributed by atoms with van der Waals surface area (Å²) in [5, 5.41) is 23.9. The van der Waals surface area contributed by atoms with Crippen molar-refractivity contribution in [3.05, 3.63) is 95.3 Å². The van der Waals surface area contributed by atoms with Gasteiger partial charge in [-0.15, -0.1) is 0 Å². The predicted octanol–water partition coefficient (Wildman–Crippen LogP) is 2.66. The molecule has 7 nitrogen and oxygen atoms in total. The van der Waals surface area contributed by atoms with Crippen LogP contribution in [0.2, 0.25) is 0 Å². The van der Waals surface area contributed by atoms with E-state index in [1.165, 1.54) is 47.3 Å². The summed E-state index contributed by atoms with van der Waals surface area (Å²) < 4.78 is 43.5. The molecule has 3 rings (SSSR count). The van der Waals surface area contributed by atoms with Gasteiger partial charge in [0.2, 0.25) is 0 Å². The molecule has 2 atom stereocenters. The van der Waals surface area contributed by atoms with E-state index in [9.17, 15) is 23.1 Å². The third-order valence-corrected chi connectivity index (χ3v) is 4.88. The second kappa shape index (κ2) is 10.6. The minimum Gasteiger partial charge on any atom is -0.398 e. The average Bonchev–Trinajstić information content (AvgIpc) is 3.31. The van der Waals surface area contributed by atoms with Crippen LogP contribution >= 0.6 is 0 Å². The fourth-order valence-electron chi connectivity index (χ4n) is 3.17. The minimum atomic E-state index is -1.80. The van der Waals surface area contributed by atoms with E-state index in [0.29, 0.717) is 5.56 Å².